The Kier molecular flexibility index (Phi) is 2.68. The molecule has 5 heteroatoms. The number of aromatic amines is 1. The van der Waals surface area contributed by atoms with Crippen LogP contribution in [0.15, 0.2) is 40.5 Å². The predicted molar refractivity (Wildman–Crippen MR) is 69.4 cm³/mol. The summed E-state index contributed by atoms with van der Waals surface area (Å²) in [5.74, 6) is 0.267. The van der Waals surface area contributed by atoms with Crippen LogP contribution in [0, 0.1) is 5.82 Å². The van der Waals surface area contributed by atoms with Gasteiger partial charge < -0.3 is 4.98 Å². The van der Waals surface area contributed by atoms with Crippen molar-refractivity contribution in [2.75, 3.05) is 0 Å². The monoisotopic (exact) mass is 260 g/mol. The summed E-state index contributed by atoms with van der Waals surface area (Å²) in [4.78, 5) is 18.8. The van der Waals surface area contributed by atoms with Crippen molar-refractivity contribution in [3.8, 4) is 0 Å². The standard InChI is InChI=1S/C13H9FN2OS/c14-9-3-1-2-8(6-9)7-11-15-10-4-5-18-12(10)13(17)16-11/h1-6H,7H2,(H,15,16,17). The van der Waals surface area contributed by atoms with Gasteiger partial charge in [0.2, 0.25) is 0 Å². The van der Waals surface area contributed by atoms with Crippen molar-refractivity contribution in [1.82, 2.24) is 9.97 Å². The molecule has 1 aromatic carbocycles. The van der Waals surface area contributed by atoms with Gasteiger partial charge in [-0.15, -0.1) is 11.3 Å². The zero-order chi connectivity index (χ0) is 12.5. The van der Waals surface area contributed by atoms with Gasteiger partial charge >= 0.3 is 0 Å². The van der Waals surface area contributed by atoms with Crippen LogP contribution in [0.5, 0.6) is 0 Å². The summed E-state index contributed by atoms with van der Waals surface area (Å²) < 4.78 is 13.7. The number of thiophene rings is 1. The second-order valence-corrected chi connectivity index (χ2v) is 4.87. The third-order valence-electron chi connectivity index (χ3n) is 2.62. The van der Waals surface area contributed by atoms with Gasteiger partial charge in [0.15, 0.2) is 0 Å². The van der Waals surface area contributed by atoms with Crippen molar-refractivity contribution in [1.29, 1.82) is 0 Å². The molecule has 0 radical (unpaired) electrons. The molecule has 0 bridgehead atoms. The van der Waals surface area contributed by atoms with Crippen molar-refractivity contribution in [3.05, 3.63) is 63.3 Å². The summed E-state index contributed by atoms with van der Waals surface area (Å²) in [5, 5.41) is 1.83. The molecule has 0 aliphatic carbocycles. The molecule has 0 aliphatic rings. The highest BCUT2D eigenvalue weighted by atomic mass is 32.1. The number of halogens is 1. The molecule has 0 amide bonds. The molecule has 18 heavy (non-hydrogen) atoms. The molecule has 0 saturated heterocycles. The van der Waals surface area contributed by atoms with E-state index in [4.69, 9.17) is 0 Å². The normalized spacial score (nSPS) is 10.9. The molecule has 2 heterocycles. The van der Waals surface area contributed by atoms with Crippen LogP contribution in [0.25, 0.3) is 10.2 Å². The van der Waals surface area contributed by atoms with E-state index >= 15 is 0 Å². The van der Waals surface area contributed by atoms with Crippen molar-refractivity contribution in [2.45, 2.75) is 6.42 Å². The van der Waals surface area contributed by atoms with Gasteiger partial charge in [0.1, 0.15) is 16.3 Å². The van der Waals surface area contributed by atoms with Crippen LogP contribution in [0.1, 0.15) is 11.4 Å². The second kappa shape index (κ2) is 4.34. The fourth-order valence-corrected chi connectivity index (χ4v) is 2.57. The molecule has 90 valence electrons. The highest BCUT2D eigenvalue weighted by Crippen LogP contribution is 2.15. The molecule has 0 atom stereocenters. The fourth-order valence-electron chi connectivity index (χ4n) is 1.85. The number of rotatable bonds is 2. The molecule has 3 aromatic rings. The van der Waals surface area contributed by atoms with Crippen LogP contribution in [0.4, 0.5) is 4.39 Å². The molecule has 0 saturated carbocycles. The number of aromatic nitrogens is 2. The van der Waals surface area contributed by atoms with E-state index in [-0.39, 0.29) is 11.4 Å². The van der Waals surface area contributed by atoms with Crippen LogP contribution >= 0.6 is 11.3 Å². The number of H-pyrrole nitrogens is 1. The maximum atomic E-state index is 13.1. The number of benzene rings is 1. The molecule has 1 N–H and O–H groups in total. The Morgan fingerprint density at radius 1 is 1.33 bits per heavy atom. The van der Waals surface area contributed by atoms with Crippen LogP contribution in [0.2, 0.25) is 0 Å². The summed E-state index contributed by atoms with van der Waals surface area (Å²) >= 11 is 1.37. The average Bonchev–Trinajstić information content (AvgIpc) is 2.77. The van der Waals surface area contributed by atoms with Gasteiger partial charge in [-0.1, -0.05) is 12.1 Å². The van der Waals surface area contributed by atoms with Crippen molar-refractivity contribution < 1.29 is 4.39 Å². The molecule has 0 aliphatic heterocycles. The topological polar surface area (TPSA) is 45.8 Å². The van der Waals surface area contributed by atoms with E-state index in [1.165, 1.54) is 23.5 Å². The predicted octanol–water partition coefficient (Wildman–Crippen LogP) is 2.71. The minimum atomic E-state index is -0.286. The van der Waals surface area contributed by atoms with Gasteiger partial charge in [-0.2, -0.15) is 0 Å². The minimum Gasteiger partial charge on any atom is -0.309 e. The molecule has 0 spiro atoms. The Labute approximate surface area is 106 Å². The summed E-state index contributed by atoms with van der Waals surface area (Å²) in [6.07, 6.45) is 0.415. The lowest BCUT2D eigenvalue weighted by Gasteiger charge is -2.01. The average molecular weight is 260 g/mol. The zero-order valence-corrected chi connectivity index (χ0v) is 10.1. The number of hydrogen-bond acceptors (Lipinski definition) is 3. The van der Waals surface area contributed by atoms with Crippen molar-refractivity contribution >= 4 is 21.6 Å². The molecule has 3 nitrogen and oxygen atoms in total. The number of fused-ring (bicyclic) bond motifs is 1. The van der Waals surface area contributed by atoms with Gasteiger partial charge in [0.05, 0.1) is 5.52 Å². The summed E-state index contributed by atoms with van der Waals surface area (Å²) in [5.41, 5.74) is 1.34. The first kappa shape index (κ1) is 11.1. The largest absolute Gasteiger partial charge is 0.309 e. The Bertz CT molecular complexity index is 763. The molecule has 3 rings (SSSR count). The smallest absolute Gasteiger partial charge is 0.268 e. The second-order valence-electron chi connectivity index (χ2n) is 3.95. The van der Waals surface area contributed by atoms with Crippen LogP contribution in [-0.4, -0.2) is 9.97 Å². The highest BCUT2D eigenvalue weighted by molar-refractivity contribution is 7.17. The van der Waals surface area contributed by atoms with E-state index in [9.17, 15) is 9.18 Å². The SMILES string of the molecule is O=c1[nH]c(Cc2cccc(F)c2)nc2ccsc12. The maximum absolute atomic E-state index is 13.1. The first-order valence-electron chi connectivity index (χ1n) is 5.43. The first-order valence-corrected chi connectivity index (χ1v) is 6.31. The lowest BCUT2D eigenvalue weighted by Crippen LogP contribution is -2.10. The van der Waals surface area contributed by atoms with E-state index in [1.54, 1.807) is 12.1 Å². The summed E-state index contributed by atoms with van der Waals surface area (Å²) in [6, 6.07) is 8.09. The fraction of sp³-hybridized carbons (Fsp3) is 0.0769. The summed E-state index contributed by atoms with van der Waals surface area (Å²) in [7, 11) is 0. The summed E-state index contributed by atoms with van der Waals surface area (Å²) in [6.45, 7) is 0. The number of nitrogens with one attached hydrogen (secondary N) is 1. The van der Waals surface area contributed by atoms with E-state index in [2.05, 4.69) is 9.97 Å². The maximum Gasteiger partial charge on any atom is 0.268 e. The van der Waals surface area contributed by atoms with Gasteiger partial charge in [-0.25, -0.2) is 9.37 Å². The first-order chi connectivity index (χ1) is 8.72. The quantitative estimate of drug-likeness (QED) is 0.770. The van der Waals surface area contributed by atoms with Gasteiger partial charge in [-0.3, -0.25) is 4.79 Å². The van der Waals surface area contributed by atoms with Crippen molar-refractivity contribution in [3.63, 3.8) is 0 Å². The third kappa shape index (κ3) is 2.04. The Morgan fingerprint density at radius 2 is 2.22 bits per heavy atom. The Hall–Kier alpha value is -2.01. The Balaban J connectivity index is 2.02. The lowest BCUT2D eigenvalue weighted by molar-refractivity contribution is 0.626. The van der Waals surface area contributed by atoms with Crippen molar-refractivity contribution in [2.24, 2.45) is 0 Å². The van der Waals surface area contributed by atoms with Gasteiger partial charge in [-0.05, 0) is 29.1 Å². The minimum absolute atomic E-state index is 0.138. The molecule has 0 unspecified atom stereocenters. The highest BCUT2D eigenvalue weighted by Gasteiger charge is 2.06. The zero-order valence-electron chi connectivity index (χ0n) is 9.31. The van der Waals surface area contributed by atoms with E-state index in [0.29, 0.717) is 22.5 Å². The third-order valence-corrected chi connectivity index (χ3v) is 3.53. The Morgan fingerprint density at radius 3 is 3.06 bits per heavy atom. The lowest BCUT2D eigenvalue weighted by atomic mass is 10.1. The molecular weight excluding hydrogens is 251 g/mol. The number of hydrogen-bond donors (Lipinski definition) is 1. The molecule has 0 fully saturated rings. The van der Waals surface area contributed by atoms with E-state index in [1.807, 2.05) is 11.4 Å². The van der Waals surface area contributed by atoms with Crippen LogP contribution < -0.4 is 5.56 Å². The molecule has 2 aromatic heterocycles. The van der Waals surface area contributed by atoms with Crippen LogP contribution in [0.3, 0.4) is 0 Å². The molecular formula is C13H9FN2OS. The van der Waals surface area contributed by atoms with Gasteiger partial charge in [0.25, 0.3) is 5.56 Å². The van der Waals surface area contributed by atoms with E-state index in [0.717, 1.165) is 5.56 Å². The van der Waals surface area contributed by atoms with Crippen LogP contribution in [-0.2, 0) is 6.42 Å². The van der Waals surface area contributed by atoms with E-state index < -0.39 is 0 Å². The van der Waals surface area contributed by atoms with Gasteiger partial charge in [0, 0.05) is 6.42 Å². The number of nitrogens with zero attached hydrogens (tertiary/aromatic N) is 1.